The number of phosphoric ester groups is 1. The minimum atomic E-state index is -4.61. The highest BCUT2D eigenvalue weighted by Crippen LogP contribution is 2.42. The van der Waals surface area contributed by atoms with Crippen molar-refractivity contribution < 1.29 is 23.4 Å². The average molecular weight is 480 g/mol. The zero-order valence-corrected chi connectivity index (χ0v) is 20.1. The van der Waals surface area contributed by atoms with Crippen molar-refractivity contribution in [1.82, 2.24) is 4.90 Å². The summed E-state index contributed by atoms with van der Waals surface area (Å²) in [5.41, 5.74) is 3.40. The molecule has 178 valence electrons. The lowest BCUT2D eigenvalue weighted by Crippen LogP contribution is -2.61. The number of quaternary nitrogens is 1. The van der Waals surface area contributed by atoms with Crippen LogP contribution in [0.5, 0.6) is 0 Å². The molecule has 1 heterocycles. The Morgan fingerprint density at radius 2 is 1.35 bits per heavy atom. The topological polar surface area (TPSA) is 70.0 Å². The molecule has 0 atom stereocenters. The van der Waals surface area contributed by atoms with Crippen molar-refractivity contribution >= 4 is 13.9 Å². The summed E-state index contributed by atoms with van der Waals surface area (Å²) in [7, 11) is -4.61. The molecule has 1 saturated heterocycles. The van der Waals surface area contributed by atoms with Crippen LogP contribution in [-0.4, -0.2) is 58.6 Å². The van der Waals surface area contributed by atoms with Gasteiger partial charge in [-0.2, -0.15) is 0 Å². The number of hydrogen-bond donors (Lipinski definition) is 2. The lowest BCUT2D eigenvalue weighted by Gasteiger charge is -2.49. The standard InChI is InChI=1S/C27H31N2O4P/c30-34(31,32)33-23-29(27(25-14-6-2-7-15-25)26-16-8-3-9-17-26)21-19-28(20-22-29)18-10-13-24-11-4-1-5-12-24/h1-17,27H,18-23H2,(H-,30,31,32)/p+1/b13-10+. The Morgan fingerprint density at radius 1 is 0.853 bits per heavy atom. The summed E-state index contributed by atoms with van der Waals surface area (Å²) in [4.78, 5) is 21.4. The summed E-state index contributed by atoms with van der Waals surface area (Å²) in [6.07, 6.45) is 4.30. The molecule has 2 N–H and O–H groups in total. The van der Waals surface area contributed by atoms with Crippen molar-refractivity contribution in [3.05, 3.63) is 114 Å². The van der Waals surface area contributed by atoms with Gasteiger partial charge in [-0.1, -0.05) is 103 Å². The number of benzene rings is 3. The third kappa shape index (κ3) is 6.51. The molecule has 0 spiro atoms. The number of phosphoric acid groups is 1. The van der Waals surface area contributed by atoms with Crippen molar-refractivity contribution in [2.24, 2.45) is 0 Å². The fourth-order valence-corrected chi connectivity index (χ4v) is 5.12. The Bertz CT molecular complexity index is 1060. The molecule has 0 aromatic heterocycles. The third-order valence-corrected chi connectivity index (χ3v) is 6.91. The third-order valence-electron chi connectivity index (χ3n) is 6.46. The van der Waals surface area contributed by atoms with Crippen LogP contribution in [-0.2, 0) is 9.09 Å². The molecule has 7 heteroatoms. The summed E-state index contributed by atoms with van der Waals surface area (Å²) in [5.74, 6) is 0. The van der Waals surface area contributed by atoms with Crippen molar-refractivity contribution in [3.8, 4) is 0 Å². The molecular weight excluding hydrogens is 447 g/mol. The summed E-state index contributed by atoms with van der Waals surface area (Å²) in [5, 5.41) is 0. The van der Waals surface area contributed by atoms with E-state index in [0.29, 0.717) is 17.6 Å². The van der Waals surface area contributed by atoms with Crippen LogP contribution in [0.1, 0.15) is 22.7 Å². The van der Waals surface area contributed by atoms with Crippen molar-refractivity contribution in [1.29, 1.82) is 0 Å². The van der Waals surface area contributed by atoms with Gasteiger partial charge < -0.3 is 9.79 Å². The van der Waals surface area contributed by atoms with Crippen LogP contribution >= 0.6 is 7.82 Å². The van der Waals surface area contributed by atoms with Gasteiger partial charge in [0.1, 0.15) is 6.04 Å². The van der Waals surface area contributed by atoms with E-state index in [1.807, 2.05) is 54.6 Å². The maximum Gasteiger partial charge on any atom is 0.474 e. The van der Waals surface area contributed by atoms with E-state index in [1.54, 1.807) is 0 Å². The van der Waals surface area contributed by atoms with E-state index in [2.05, 4.69) is 53.5 Å². The fourth-order valence-electron chi connectivity index (χ4n) is 4.74. The molecule has 3 aromatic rings. The number of piperazine rings is 1. The van der Waals surface area contributed by atoms with E-state index in [1.165, 1.54) is 5.56 Å². The first kappa shape index (κ1) is 24.6. The second kappa shape index (κ2) is 11.2. The van der Waals surface area contributed by atoms with E-state index in [0.717, 1.165) is 30.8 Å². The molecule has 0 radical (unpaired) electrons. The predicted molar refractivity (Wildman–Crippen MR) is 135 cm³/mol. The molecule has 0 aliphatic carbocycles. The minimum absolute atomic E-state index is 0.0492. The van der Waals surface area contributed by atoms with Gasteiger partial charge in [-0.25, -0.2) is 9.09 Å². The van der Waals surface area contributed by atoms with Crippen LogP contribution in [0.3, 0.4) is 0 Å². The van der Waals surface area contributed by atoms with Crippen LogP contribution in [0.4, 0.5) is 0 Å². The molecule has 1 aliphatic heterocycles. The molecule has 3 aromatic carbocycles. The van der Waals surface area contributed by atoms with Crippen LogP contribution < -0.4 is 0 Å². The Labute approximate surface area is 201 Å². The van der Waals surface area contributed by atoms with E-state index in [4.69, 9.17) is 4.52 Å². The van der Waals surface area contributed by atoms with E-state index in [-0.39, 0.29) is 12.8 Å². The molecule has 6 nitrogen and oxygen atoms in total. The van der Waals surface area contributed by atoms with Crippen molar-refractivity contribution in [2.75, 3.05) is 39.5 Å². The Balaban J connectivity index is 1.57. The summed E-state index contributed by atoms with van der Waals surface area (Å²) in [6, 6.07) is 30.5. The Hall–Kier alpha value is -2.57. The first-order chi connectivity index (χ1) is 16.5. The molecule has 4 rings (SSSR count). The van der Waals surface area contributed by atoms with Crippen molar-refractivity contribution in [3.63, 3.8) is 0 Å². The molecule has 0 amide bonds. The normalized spacial score (nSPS) is 16.8. The predicted octanol–water partition coefficient (Wildman–Crippen LogP) is 4.69. The van der Waals surface area contributed by atoms with Crippen LogP contribution in [0.25, 0.3) is 6.08 Å². The maximum absolute atomic E-state index is 11.7. The van der Waals surface area contributed by atoms with Gasteiger partial charge in [0.15, 0.2) is 6.73 Å². The Morgan fingerprint density at radius 3 is 1.85 bits per heavy atom. The quantitative estimate of drug-likeness (QED) is 0.344. The van der Waals surface area contributed by atoms with Gasteiger partial charge in [0.25, 0.3) is 0 Å². The SMILES string of the molecule is O=P(O)(O)OC[N+]1(C(c2ccccc2)c2ccccc2)CCN(C/C=C/c2ccccc2)CC1. The molecule has 1 aliphatic rings. The van der Waals surface area contributed by atoms with Crippen LogP contribution in [0, 0.1) is 0 Å². The monoisotopic (exact) mass is 479 g/mol. The molecule has 0 bridgehead atoms. The van der Waals surface area contributed by atoms with E-state index in [9.17, 15) is 14.4 Å². The van der Waals surface area contributed by atoms with Gasteiger partial charge in [0, 0.05) is 30.8 Å². The zero-order chi connectivity index (χ0) is 23.9. The van der Waals surface area contributed by atoms with Gasteiger partial charge in [-0.3, -0.25) is 9.38 Å². The Kier molecular flexibility index (Phi) is 8.11. The molecule has 34 heavy (non-hydrogen) atoms. The summed E-state index contributed by atoms with van der Waals surface area (Å²) in [6.45, 7) is 3.82. The first-order valence-electron chi connectivity index (χ1n) is 11.5. The summed E-state index contributed by atoms with van der Waals surface area (Å²) >= 11 is 0. The minimum Gasteiger partial charge on any atom is -0.303 e. The smallest absolute Gasteiger partial charge is 0.303 e. The highest BCUT2D eigenvalue weighted by molar-refractivity contribution is 7.46. The molecule has 0 unspecified atom stereocenters. The molecule has 0 saturated carbocycles. The fraction of sp³-hybridized carbons (Fsp3) is 0.259. The van der Waals surface area contributed by atoms with Gasteiger partial charge in [0.2, 0.25) is 0 Å². The van der Waals surface area contributed by atoms with Crippen LogP contribution in [0.2, 0.25) is 0 Å². The summed E-state index contributed by atoms with van der Waals surface area (Å²) < 4.78 is 17.3. The van der Waals surface area contributed by atoms with E-state index >= 15 is 0 Å². The number of hydrogen-bond acceptors (Lipinski definition) is 3. The lowest BCUT2D eigenvalue weighted by atomic mass is 9.94. The van der Waals surface area contributed by atoms with E-state index < -0.39 is 7.82 Å². The van der Waals surface area contributed by atoms with Crippen LogP contribution in [0.15, 0.2) is 97.1 Å². The van der Waals surface area contributed by atoms with Gasteiger partial charge in [-0.15, -0.1) is 0 Å². The number of rotatable bonds is 9. The largest absolute Gasteiger partial charge is 0.474 e. The average Bonchev–Trinajstić information content (AvgIpc) is 2.86. The maximum atomic E-state index is 11.7. The highest BCUT2D eigenvalue weighted by Gasteiger charge is 2.43. The van der Waals surface area contributed by atoms with Gasteiger partial charge in [-0.05, 0) is 5.56 Å². The van der Waals surface area contributed by atoms with Crippen molar-refractivity contribution in [2.45, 2.75) is 6.04 Å². The van der Waals surface area contributed by atoms with Gasteiger partial charge >= 0.3 is 7.82 Å². The lowest BCUT2D eigenvalue weighted by molar-refractivity contribution is -0.969. The zero-order valence-electron chi connectivity index (χ0n) is 19.2. The number of nitrogens with zero attached hydrogens (tertiary/aromatic N) is 2. The molecular formula is C27H32N2O4P+. The highest BCUT2D eigenvalue weighted by atomic mass is 31.2. The second-order valence-corrected chi connectivity index (χ2v) is 9.99. The second-order valence-electron chi connectivity index (χ2n) is 8.75. The molecule has 1 fully saturated rings. The van der Waals surface area contributed by atoms with Gasteiger partial charge in [0.05, 0.1) is 13.1 Å². The first-order valence-corrected chi connectivity index (χ1v) is 13.1.